The smallest absolute Gasteiger partial charge is 0.242 e. The number of ether oxygens (including phenoxy) is 2. The lowest BCUT2D eigenvalue weighted by molar-refractivity contribution is -0.136. The summed E-state index contributed by atoms with van der Waals surface area (Å²) in [6, 6.07) is 13.0. The molecular weight excluding hydrogens is 356 g/mol. The van der Waals surface area contributed by atoms with Crippen molar-refractivity contribution in [3.63, 3.8) is 0 Å². The third-order valence-corrected chi connectivity index (χ3v) is 5.10. The van der Waals surface area contributed by atoms with Gasteiger partial charge in [0.1, 0.15) is 5.41 Å². The van der Waals surface area contributed by atoms with Crippen molar-refractivity contribution in [2.24, 2.45) is 5.41 Å². The van der Waals surface area contributed by atoms with Crippen LogP contribution in [-0.2, 0) is 16.0 Å². The van der Waals surface area contributed by atoms with Crippen molar-refractivity contribution >= 4 is 23.2 Å². The summed E-state index contributed by atoms with van der Waals surface area (Å²) in [4.78, 5) is 27.9. The van der Waals surface area contributed by atoms with E-state index in [1.54, 1.807) is 44.1 Å². The second kappa shape index (κ2) is 7.92. The van der Waals surface area contributed by atoms with Crippen LogP contribution in [-0.4, -0.2) is 32.6 Å². The van der Waals surface area contributed by atoms with E-state index in [0.717, 1.165) is 24.1 Å². The zero-order valence-corrected chi connectivity index (χ0v) is 16.7. The highest BCUT2D eigenvalue weighted by Gasteiger charge is 2.40. The van der Waals surface area contributed by atoms with Gasteiger partial charge in [0.2, 0.25) is 11.8 Å². The summed E-state index contributed by atoms with van der Waals surface area (Å²) in [5, 5.41) is 2.83. The maximum atomic E-state index is 13.3. The van der Waals surface area contributed by atoms with Crippen molar-refractivity contribution in [3.05, 3.63) is 48.0 Å². The van der Waals surface area contributed by atoms with Crippen LogP contribution in [0.2, 0.25) is 0 Å². The normalized spacial score (nSPS) is 13.5. The molecule has 1 N–H and O–H groups in total. The Labute approximate surface area is 165 Å². The van der Waals surface area contributed by atoms with Gasteiger partial charge in [0.05, 0.1) is 14.2 Å². The summed E-state index contributed by atoms with van der Waals surface area (Å²) in [6.45, 7) is 3.92. The molecule has 148 valence electrons. The molecule has 1 heterocycles. The topological polar surface area (TPSA) is 67.9 Å². The summed E-state index contributed by atoms with van der Waals surface area (Å²) in [6.07, 6.45) is 1.83. The van der Waals surface area contributed by atoms with Gasteiger partial charge < -0.3 is 19.7 Å². The number of hydrogen-bond acceptors (Lipinski definition) is 4. The first-order valence-corrected chi connectivity index (χ1v) is 9.32. The van der Waals surface area contributed by atoms with Gasteiger partial charge in [-0.3, -0.25) is 9.59 Å². The molecule has 0 fully saturated rings. The number of para-hydroxylation sites is 1. The predicted octanol–water partition coefficient (Wildman–Crippen LogP) is 3.65. The number of hydrogen-bond donors (Lipinski definition) is 1. The first-order valence-electron chi connectivity index (χ1n) is 9.32. The van der Waals surface area contributed by atoms with Crippen molar-refractivity contribution in [3.8, 4) is 11.5 Å². The number of benzene rings is 2. The van der Waals surface area contributed by atoms with Crippen LogP contribution < -0.4 is 19.7 Å². The lowest BCUT2D eigenvalue weighted by Gasteiger charge is -2.35. The molecule has 0 saturated heterocycles. The van der Waals surface area contributed by atoms with Crippen molar-refractivity contribution in [2.45, 2.75) is 26.7 Å². The summed E-state index contributed by atoms with van der Waals surface area (Å²) in [5.41, 5.74) is 1.35. The van der Waals surface area contributed by atoms with Gasteiger partial charge in [-0.1, -0.05) is 18.2 Å². The SMILES string of the molecule is COc1ccc(NC(=O)C(C)(C)C(=O)N2CCCc3ccccc32)cc1OC. The van der Waals surface area contributed by atoms with E-state index in [-0.39, 0.29) is 11.8 Å². The third kappa shape index (κ3) is 3.67. The van der Waals surface area contributed by atoms with Crippen molar-refractivity contribution < 1.29 is 19.1 Å². The number of fused-ring (bicyclic) bond motifs is 1. The van der Waals surface area contributed by atoms with Gasteiger partial charge in [-0.25, -0.2) is 0 Å². The fourth-order valence-electron chi connectivity index (χ4n) is 3.38. The molecule has 0 unspecified atom stereocenters. The molecule has 0 spiro atoms. The monoisotopic (exact) mass is 382 g/mol. The first kappa shape index (κ1) is 19.7. The predicted molar refractivity (Wildman–Crippen MR) is 109 cm³/mol. The molecule has 2 aromatic rings. The first-order chi connectivity index (χ1) is 13.4. The number of nitrogens with one attached hydrogen (secondary N) is 1. The minimum Gasteiger partial charge on any atom is -0.493 e. The number of nitrogens with zero attached hydrogens (tertiary/aromatic N) is 1. The highest BCUT2D eigenvalue weighted by molar-refractivity contribution is 6.15. The van der Waals surface area contributed by atoms with Crippen molar-refractivity contribution in [1.29, 1.82) is 0 Å². The Bertz CT molecular complexity index is 892. The Morgan fingerprint density at radius 2 is 1.75 bits per heavy atom. The summed E-state index contributed by atoms with van der Waals surface area (Å²) in [7, 11) is 3.08. The van der Waals surface area contributed by atoms with E-state index in [2.05, 4.69) is 5.32 Å². The van der Waals surface area contributed by atoms with Gasteiger partial charge in [-0.15, -0.1) is 0 Å². The largest absolute Gasteiger partial charge is 0.493 e. The van der Waals surface area contributed by atoms with Crippen LogP contribution in [0.5, 0.6) is 11.5 Å². The molecule has 6 nitrogen and oxygen atoms in total. The van der Waals surface area contributed by atoms with Gasteiger partial charge in [0, 0.05) is 24.0 Å². The molecular formula is C22H26N2O4. The van der Waals surface area contributed by atoms with E-state index in [4.69, 9.17) is 9.47 Å². The number of rotatable bonds is 5. The lowest BCUT2D eigenvalue weighted by atomic mass is 9.88. The second-order valence-corrected chi connectivity index (χ2v) is 7.34. The van der Waals surface area contributed by atoms with E-state index in [1.807, 2.05) is 24.3 Å². The van der Waals surface area contributed by atoms with Gasteiger partial charge >= 0.3 is 0 Å². The molecule has 0 atom stereocenters. The van der Waals surface area contributed by atoms with Crippen LogP contribution in [0.4, 0.5) is 11.4 Å². The van der Waals surface area contributed by atoms with Crippen LogP contribution in [0.25, 0.3) is 0 Å². The number of carbonyl (C=O) groups is 2. The van der Waals surface area contributed by atoms with Crippen LogP contribution in [0.1, 0.15) is 25.8 Å². The fourth-order valence-corrected chi connectivity index (χ4v) is 3.38. The highest BCUT2D eigenvalue weighted by atomic mass is 16.5. The van der Waals surface area contributed by atoms with Crippen LogP contribution in [0, 0.1) is 5.41 Å². The maximum Gasteiger partial charge on any atom is 0.242 e. The number of aryl methyl sites for hydroxylation is 1. The van der Waals surface area contributed by atoms with Gasteiger partial charge in [-0.2, -0.15) is 0 Å². The molecule has 2 aromatic carbocycles. The molecule has 0 saturated carbocycles. The molecule has 6 heteroatoms. The average molecular weight is 382 g/mol. The summed E-state index contributed by atoms with van der Waals surface area (Å²) >= 11 is 0. The standard InChI is InChI=1S/C22H26N2O4/c1-22(2,20(25)23-16-11-12-18(27-3)19(14-16)28-4)21(26)24-13-7-9-15-8-5-6-10-17(15)24/h5-6,8,10-12,14H,7,9,13H2,1-4H3,(H,23,25). The van der Waals surface area contributed by atoms with Gasteiger partial charge in [-0.05, 0) is 50.5 Å². The molecule has 1 aliphatic rings. The Morgan fingerprint density at radius 3 is 2.46 bits per heavy atom. The van der Waals surface area contributed by atoms with Crippen LogP contribution in [0.15, 0.2) is 42.5 Å². The maximum absolute atomic E-state index is 13.3. The quantitative estimate of drug-likeness (QED) is 0.802. The Balaban J connectivity index is 1.81. The number of carbonyl (C=O) groups excluding carboxylic acids is 2. The fraction of sp³-hybridized carbons (Fsp3) is 0.364. The Morgan fingerprint density at radius 1 is 1.04 bits per heavy atom. The Hall–Kier alpha value is -3.02. The summed E-state index contributed by atoms with van der Waals surface area (Å²) in [5.74, 6) is 0.501. The van der Waals surface area contributed by atoms with Crippen LogP contribution in [0.3, 0.4) is 0 Å². The summed E-state index contributed by atoms with van der Waals surface area (Å²) < 4.78 is 10.5. The Kier molecular flexibility index (Phi) is 5.58. The molecule has 3 rings (SSSR count). The zero-order valence-electron chi connectivity index (χ0n) is 16.7. The van der Waals surface area contributed by atoms with E-state index in [0.29, 0.717) is 23.7 Å². The molecule has 2 amide bonds. The molecule has 0 aliphatic carbocycles. The van der Waals surface area contributed by atoms with E-state index >= 15 is 0 Å². The van der Waals surface area contributed by atoms with E-state index in [9.17, 15) is 9.59 Å². The molecule has 28 heavy (non-hydrogen) atoms. The third-order valence-electron chi connectivity index (χ3n) is 5.10. The number of amides is 2. The van der Waals surface area contributed by atoms with Gasteiger partial charge in [0.25, 0.3) is 0 Å². The lowest BCUT2D eigenvalue weighted by Crippen LogP contribution is -2.49. The molecule has 1 aliphatic heterocycles. The zero-order chi connectivity index (χ0) is 20.3. The second-order valence-electron chi connectivity index (χ2n) is 7.34. The number of anilines is 2. The van der Waals surface area contributed by atoms with Crippen molar-refractivity contribution in [1.82, 2.24) is 0 Å². The van der Waals surface area contributed by atoms with Gasteiger partial charge in [0.15, 0.2) is 11.5 Å². The van der Waals surface area contributed by atoms with Crippen molar-refractivity contribution in [2.75, 3.05) is 31.0 Å². The van der Waals surface area contributed by atoms with Crippen LogP contribution >= 0.6 is 0 Å². The number of methoxy groups -OCH3 is 2. The minimum atomic E-state index is -1.22. The molecule has 0 radical (unpaired) electrons. The molecule has 0 bridgehead atoms. The molecule has 0 aromatic heterocycles. The van der Waals surface area contributed by atoms with E-state index in [1.165, 1.54) is 7.11 Å². The minimum absolute atomic E-state index is 0.211. The highest BCUT2D eigenvalue weighted by Crippen LogP contribution is 2.33. The average Bonchev–Trinajstić information content (AvgIpc) is 2.72. The van der Waals surface area contributed by atoms with E-state index < -0.39 is 5.41 Å².